The van der Waals surface area contributed by atoms with Gasteiger partial charge in [0.1, 0.15) is 11.6 Å². The van der Waals surface area contributed by atoms with Crippen LogP contribution in [0.2, 0.25) is 0 Å². The summed E-state index contributed by atoms with van der Waals surface area (Å²) < 4.78 is 19.5. The van der Waals surface area contributed by atoms with E-state index in [0.717, 1.165) is 11.3 Å². The van der Waals surface area contributed by atoms with Crippen molar-refractivity contribution >= 4 is 0 Å². The highest BCUT2D eigenvalue weighted by Gasteiger charge is 2.15. The predicted octanol–water partition coefficient (Wildman–Crippen LogP) is 3.86. The van der Waals surface area contributed by atoms with E-state index in [-0.39, 0.29) is 18.0 Å². The van der Waals surface area contributed by atoms with Gasteiger partial charge in [-0.1, -0.05) is 36.4 Å². The molecule has 0 spiro atoms. The molecule has 0 aliphatic carbocycles. The van der Waals surface area contributed by atoms with Crippen LogP contribution < -0.4 is 10.5 Å². The summed E-state index contributed by atoms with van der Waals surface area (Å²) in [5.74, 6) is 0.552. The molecule has 0 aliphatic heterocycles. The Bertz CT molecular complexity index is 568. The quantitative estimate of drug-likeness (QED) is 0.898. The van der Waals surface area contributed by atoms with Crippen molar-refractivity contribution in [2.75, 3.05) is 0 Å². The zero-order valence-electron chi connectivity index (χ0n) is 11.8. The molecule has 3 heteroatoms. The fraction of sp³-hybridized carbons (Fsp3) is 0.294. The van der Waals surface area contributed by atoms with Gasteiger partial charge < -0.3 is 10.5 Å². The first-order chi connectivity index (χ1) is 9.58. The average Bonchev–Trinajstić information content (AvgIpc) is 2.41. The molecule has 2 aromatic carbocycles. The maximum atomic E-state index is 13.7. The van der Waals surface area contributed by atoms with Crippen molar-refractivity contribution < 1.29 is 9.13 Å². The molecule has 2 N–H and O–H groups in total. The zero-order valence-corrected chi connectivity index (χ0v) is 11.8. The Morgan fingerprint density at radius 3 is 2.40 bits per heavy atom. The number of nitrogens with two attached hydrogens (primary N) is 1. The van der Waals surface area contributed by atoms with Crippen molar-refractivity contribution in [2.45, 2.75) is 32.4 Å². The van der Waals surface area contributed by atoms with Crippen LogP contribution in [0, 0.1) is 5.82 Å². The van der Waals surface area contributed by atoms with Crippen molar-refractivity contribution in [3.63, 3.8) is 0 Å². The number of hydrogen-bond donors (Lipinski definition) is 1. The lowest BCUT2D eigenvalue weighted by molar-refractivity contribution is 0.238. The van der Waals surface area contributed by atoms with Crippen LogP contribution in [0.3, 0.4) is 0 Å². The molecule has 0 saturated heterocycles. The van der Waals surface area contributed by atoms with Gasteiger partial charge in [0, 0.05) is 11.6 Å². The van der Waals surface area contributed by atoms with Crippen molar-refractivity contribution in [2.24, 2.45) is 5.73 Å². The van der Waals surface area contributed by atoms with Crippen LogP contribution in [-0.2, 0) is 6.42 Å². The zero-order chi connectivity index (χ0) is 14.5. The Morgan fingerprint density at radius 1 is 1.05 bits per heavy atom. The van der Waals surface area contributed by atoms with Gasteiger partial charge in [-0.3, -0.25) is 0 Å². The van der Waals surface area contributed by atoms with Crippen molar-refractivity contribution in [1.29, 1.82) is 0 Å². The molecule has 0 saturated carbocycles. The Balaban J connectivity index is 2.21. The maximum absolute atomic E-state index is 13.7. The van der Waals surface area contributed by atoms with Crippen LogP contribution in [0.15, 0.2) is 48.5 Å². The summed E-state index contributed by atoms with van der Waals surface area (Å²) in [4.78, 5) is 0. The Labute approximate surface area is 119 Å². The standard InChI is InChI=1S/C17H20FNO/c1-12(2)20-17-10-6-4-8-14(17)16(19)11-13-7-3-5-9-15(13)18/h3-10,12,16H,11,19H2,1-2H3. The van der Waals surface area contributed by atoms with E-state index in [0.29, 0.717) is 12.0 Å². The summed E-state index contributed by atoms with van der Waals surface area (Å²) in [7, 11) is 0. The predicted molar refractivity (Wildman–Crippen MR) is 79.2 cm³/mol. The Morgan fingerprint density at radius 2 is 1.70 bits per heavy atom. The largest absolute Gasteiger partial charge is 0.491 e. The highest BCUT2D eigenvalue weighted by molar-refractivity contribution is 5.37. The van der Waals surface area contributed by atoms with Crippen LogP contribution >= 0.6 is 0 Å². The monoisotopic (exact) mass is 273 g/mol. The molecule has 20 heavy (non-hydrogen) atoms. The van der Waals surface area contributed by atoms with Gasteiger partial charge in [-0.25, -0.2) is 4.39 Å². The molecular formula is C17H20FNO. The third-order valence-corrected chi connectivity index (χ3v) is 3.08. The molecule has 0 fully saturated rings. The summed E-state index contributed by atoms with van der Waals surface area (Å²) in [6.45, 7) is 3.94. The molecule has 2 nitrogen and oxygen atoms in total. The van der Waals surface area contributed by atoms with Gasteiger partial charge in [0.05, 0.1) is 6.10 Å². The molecule has 0 bridgehead atoms. The molecular weight excluding hydrogens is 253 g/mol. The van der Waals surface area contributed by atoms with Crippen molar-refractivity contribution in [3.8, 4) is 5.75 Å². The first-order valence-electron chi connectivity index (χ1n) is 6.82. The number of rotatable bonds is 5. The smallest absolute Gasteiger partial charge is 0.126 e. The lowest BCUT2D eigenvalue weighted by atomic mass is 9.98. The van der Waals surface area contributed by atoms with Gasteiger partial charge in [0.15, 0.2) is 0 Å². The molecule has 2 rings (SSSR count). The summed E-state index contributed by atoms with van der Waals surface area (Å²) >= 11 is 0. The van der Waals surface area contributed by atoms with Gasteiger partial charge in [0.25, 0.3) is 0 Å². The number of ether oxygens (including phenoxy) is 1. The van der Waals surface area contributed by atoms with E-state index in [2.05, 4.69) is 0 Å². The second kappa shape index (κ2) is 6.53. The first kappa shape index (κ1) is 14.5. The summed E-state index contributed by atoms with van der Waals surface area (Å²) in [5.41, 5.74) is 7.76. The van der Waals surface area contributed by atoms with Gasteiger partial charge in [0.2, 0.25) is 0 Å². The highest BCUT2D eigenvalue weighted by atomic mass is 19.1. The molecule has 1 atom stereocenters. The van der Waals surface area contributed by atoms with Crippen LogP contribution in [0.1, 0.15) is 31.0 Å². The Kier molecular flexibility index (Phi) is 4.74. The maximum Gasteiger partial charge on any atom is 0.126 e. The topological polar surface area (TPSA) is 35.2 Å². The summed E-state index contributed by atoms with van der Waals surface area (Å²) in [5, 5.41) is 0. The first-order valence-corrected chi connectivity index (χ1v) is 6.82. The van der Waals surface area contributed by atoms with E-state index in [1.54, 1.807) is 12.1 Å². The minimum absolute atomic E-state index is 0.0804. The molecule has 0 aromatic heterocycles. The normalized spacial score (nSPS) is 12.4. The average molecular weight is 273 g/mol. The molecule has 0 radical (unpaired) electrons. The van der Waals surface area contributed by atoms with Crippen LogP contribution in [0.5, 0.6) is 5.75 Å². The van der Waals surface area contributed by atoms with Crippen LogP contribution in [0.4, 0.5) is 4.39 Å². The second-order valence-corrected chi connectivity index (χ2v) is 5.11. The number of para-hydroxylation sites is 1. The van der Waals surface area contributed by atoms with E-state index in [4.69, 9.17) is 10.5 Å². The molecule has 106 valence electrons. The SMILES string of the molecule is CC(C)Oc1ccccc1C(N)Cc1ccccc1F. The summed E-state index contributed by atoms with van der Waals surface area (Å²) in [6, 6.07) is 14.1. The van der Waals surface area contributed by atoms with Gasteiger partial charge >= 0.3 is 0 Å². The van der Waals surface area contributed by atoms with E-state index in [1.165, 1.54) is 6.07 Å². The fourth-order valence-electron chi connectivity index (χ4n) is 2.16. The lowest BCUT2D eigenvalue weighted by Gasteiger charge is -2.19. The van der Waals surface area contributed by atoms with Crippen molar-refractivity contribution in [1.82, 2.24) is 0 Å². The van der Waals surface area contributed by atoms with Gasteiger partial charge in [-0.15, -0.1) is 0 Å². The molecule has 0 aliphatic rings. The van der Waals surface area contributed by atoms with Gasteiger partial charge in [-0.05, 0) is 38.0 Å². The lowest BCUT2D eigenvalue weighted by Crippen LogP contribution is -2.17. The molecule has 0 amide bonds. The van der Waals surface area contributed by atoms with E-state index < -0.39 is 0 Å². The van der Waals surface area contributed by atoms with Gasteiger partial charge in [-0.2, -0.15) is 0 Å². The van der Waals surface area contributed by atoms with Crippen LogP contribution in [-0.4, -0.2) is 6.10 Å². The fourth-order valence-corrected chi connectivity index (χ4v) is 2.16. The number of benzene rings is 2. The molecule has 1 unspecified atom stereocenters. The number of halogens is 1. The second-order valence-electron chi connectivity index (χ2n) is 5.11. The van der Waals surface area contributed by atoms with Crippen molar-refractivity contribution in [3.05, 3.63) is 65.5 Å². The third-order valence-electron chi connectivity index (χ3n) is 3.08. The minimum Gasteiger partial charge on any atom is -0.491 e. The minimum atomic E-state index is -0.290. The molecule has 0 heterocycles. The number of hydrogen-bond acceptors (Lipinski definition) is 2. The third kappa shape index (κ3) is 3.58. The highest BCUT2D eigenvalue weighted by Crippen LogP contribution is 2.27. The molecule has 2 aromatic rings. The summed E-state index contributed by atoms with van der Waals surface area (Å²) in [6.07, 6.45) is 0.530. The van der Waals surface area contributed by atoms with Crippen LogP contribution in [0.25, 0.3) is 0 Å². The van der Waals surface area contributed by atoms with E-state index >= 15 is 0 Å². The Hall–Kier alpha value is -1.87. The van der Waals surface area contributed by atoms with E-state index in [9.17, 15) is 4.39 Å². The van der Waals surface area contributed by atoms with E-state index in [1.807, 2.05) is 44.2 Å².